The number of amides is 1. The Balaban J connectivity index is 1.21. The molecule has 1 amide bonds. The molecule has 0 unspecified atom stereocenters. The Bertz CT molecular complexity index is 1890. The third kappa shape index (κ3) is 9.93. The van der Waals surface area contributed by atoms with Crippen molar-refractivity contribution in [3.63, 3.8) is 0 Å². The van der Waals surface area contributed by atoms with Crippen LogP contribution in [0, 0.1) is 0 Å². The SMILES string of the molecule is C[C@@H]1N(C(=O)OCOC(=O)C(=O)OCCCCOC(=O)c2cc(S(N)(=O)=O)c(Cl)cc2NCc2ccco2)C(C)(C)CO[C@@]1(O)c1cccc(Cl)c1. The molecule has 0 aliphatic carbocycles. The number of morpholine rings is 1. The number of aliphatic hydroxyl groups is 1. The highest BCUT2D eigenvalue weighted by Gasteiger charge is 2.53. The number of primary sulfonamides is 1. The standard InChI is InChI=1S/C33H37Cl2N3O13S/c1-20-33(43,21-8-6-9-22(34)14-21)51-18-32(2,3)38(20)31(42)50-19-49-30(41)29(40)48-12-5-4-11-47-28(39)24-15-27(52(36,44)45)25(35)16-26(24)37-17-23-10-7-13-46-23/h6-10,13-16,20,37,43H,4-5,11-12,17-19H2,1-3H3,(H2,36,44,45)/t20-,33+/m0/s1. The van der Waals surface area contributed by atoms with Crippen LogP contribution < -0.4 is 10.5 Å². The lowest BCUT2D eigenvalue weighted by atomic mass is 9.90. The van der Waals surface area contributed by atoms with E-state index in [1.54, 1.807) is 51.1 Å². The van der Waals surface area contributed by atoms with E-state index in [4.69, 9.17) is 56.4 Å². The number of halogens is 2. The van der Waals surface area contributed by atoms with Gasteiger partial charge in [0, 0.05) is 10.6 Å². The van der Waals surface area contributed by atoms with Gasteiger partial charge in [-0.1, -0.05) is 35.3 Å². The zero-order valence-corrected chi connectivity index (χ0v) is 30.6. The molecular weight excluding hydrogens is 749 g/mol. The lowest BCUT2D eigenvalue weighted by molar-refractivity contribution is -0.295. The number of benzene rings is 2. The van der Waals surface area contributed by atoms with Crippen LogP contribution in [0.1, 0.15) is 55.3 Å². The monoisotopic (exact) mass is 785 g/mol. The molecule has 2 aromatic carbocycles. The van der Waals surface area contributed by atoms with E-state index >= 15 is 0 Å². The van der Waals surface area contributed by atoms with Gasteiger partial charge in [-0.2, -0.15) is 0 Å². The van der Waals surface area contributed by atoms with E-state index in [0.29, 0.717) is 16.3 Å². The van der Waals surface area contributed by atoms with Crippen LogP contribution >= 0.6 is 23.2 Å². The molecule has 19 heteroatoms. The Kier molecular flexibility index (Phi) is 13.2. The molecule has 1 fully saturated rings. The summed E-state index contributed by atoms with van der Waals surface area (Å²) in [6.45, 7) is 3.66. The van der Waals surface area contributed by atoms with Crippen LogP contribution in [-0.2, 0) is 55.6 Å². The van der Waals surface area contributed by atoms with Gasteiger partial charge >= 0.3 is 24.0 Å². The minimum Gasteiger partial charge on any atom is -0.467 e. The summed E-state index contributed by atoms with van der Waals surface area (Å²) in [5.41, 5.74) is -0.615. The highest BCUT2D eigenvalue weighted by Crippen LogP contribution is 2.40. The first-order valence-corrected chi connectivity index (χ1v) is 18.0. The fraction of sp³-hybridized carbons (Fsp3) is 0.394. The minimum atomic E-state index is -4.27. The number of nitrogens with two attached hydrogens (primary N) is 1. The van der Waals surface area contributed by atoms with Gasteiger partial charge in [0.25, 0.3) is 0 Å². The second-order valence-electron chi connectivity index (χ2n) is 12.1. The molecule has 0 radical (unpaired) electrons. The topological polar surface area (TPSA) is 223 Å². The molecule has 4 rings (SSSR count). The molecule has 0 bridgehead atoms. The zero-order chi connectivity index (χ0) is 38.3. The summed E-state index contributed by atoms with van der Waals surface area (Å²) >= 11 is 12.2. The molecule has 2 atom stereocenters. The fourth-order valence-electron chi connectivity index (χ4n) is 5.23. The minimum absolute atomic E-state index is 0.0772. The van der Waals surface area contributed by atoms with Gasteiger partial charge in [-0.3, -0.25) is 4.90 Å². The lowest BCUT2D eigenvalue weighted by Gasteiger charge is -2.52. The van der Waals surface area contributed by atoms with Crippen molar-refractivity contribution in [1.82, 2.24) is 4.90 Å². The van der Waals surface area contributed by atoms with Gasteiger partial charge in [-0.15, -0.1) is 0 Å². The van der Waals surface area contributed by atoms with Crippen molar-refractivity contribution in [2.75, 3.05) is 31.9 Å². The van der Waals surface area contributed by atoms with Crippen LogP contribution in [0.25, 0.3) is 0 Å². The second-order valence-corrected chi connectivity index (χ2v) is 14.5. The number of ether oxygens (including phenoxy) is 5. The molecule has 16 nitrogen and oxygen atoms in total. The third-order valence-corrected chi connectivity index (χ3v) is 9.47. The number of sulfonamides is 1. The van der Waals surface area contributed by atoms with Gasteiger partial charge in [-0.25, -0.2) is 32.7 Å². The van der Waals surface area contributed by atoms with Gasteiger partial charge < -0.3 is 38.5 Å². The van der Waals surface area contributed by atoms with Crippen LogP contribution in [0.2, 0.25) is 10.0 Å². The molecule has 282 valence electrons. The normalized spacial score (nSPS) is 18.3. The number of esters is 3. The van der Waals surface area contributed by atoms with Crippen molar-refractivity contribution in [3.8, 4) is 0 Å². The average molecular weight is 787 g/mol. The van der Waals surface area contributed by atoms with Gasteiger partial charge in [0.2, 0.25) is 22.6 Å². The molecular formula is C33H37Cl2N3O13S. The van der Waals surface area contributed by atoms with Crippen molar-refractivity contribution in [1.29, 1.82) is 0 Å². The van der Waals surface area contributed by atoms with Crippen molar-refractivity contribution in [2.45, 2.75) is 62.4 Å². The van der Waals surface area contributed by atoms with Gasteiger partial charge in [0.05, 0.1) is 60.5 Å². The average Bonchev–Trinajstić information content (AvgIpc) is 3.60. The summed E-state index contributed by atoms with van der Waals surface area (Å²) in [6, 6.07) is 11.0. The third-order valence-electron chi connectivity index (χ3n) is 7.86. The Morgan fingerprint density at radius 3 is 2.35 bits per heavy atom. The highest BCUT2D eigenvalue weighted by atomic mass is 35.5. The van der Waals surface area contributed by atoms with Crippen LogP contribution in [0.4, 0.5) is 10.5 Å². The Morgan fingerprint density at radius 2 is 1.69 bits per heavy atom. The highest BCUT2D eigenvalue weighted by molar-refractivity contribution is 7.89. The fourth-order valence-corrected chi connectivity index (χ4v) is 6.52. The number of unbranched alkanes of at least 4 members (excludes halogenated alkanes) is 1. The summed E-state index contributed by atoms with van der Waals surface area (Å²) < 4.78 is 54.9. The van der Waals surface area contributed by atoms with E-state index in [9.17, 15) is 32.7 Å². The Hall–Kier alpha value is -4.39. The summed E-state index contributed by atoms with van der Waals surface area (Å²) in [5.74, 6) is -5.06. The number of carbonyl (C=O) groups is 4. The number of carbonyl (C=O) groups excluding carboxylic acids is 4. The van der Waals surface area contributed by atoms with Crippen molar-refractivity contribution < 1.29 is 60.8 Å². The largest absolute Gasteiger partial charge is 0.467 e. The number of rotatable bonds is 13. The van der Waals surface area contributed by atoms with Gasteiger partial charge in [-0.05, 0) is 70.0 Å². The van der Waals surface area contributed by atoms with Crippen LogP contribution in [0.3, 0.4) is 0 Å². The van der Waals surface area contributed by atoms with Gasteiger partial charge in [0.15, 0.2) is 0 Å². The number of nitrogens with zero attached hydrogens (tertiary/aromatic N) is 1. The molecule has 0 saturated carbocycles. The molecule has 1 aliphatic rings. The molecule has 2 heterocycles. The number of nitrogens with one attached hydrogen (secondary N) is 1. The molecule has 1 aliphatic heterocycles. The van der Waals surface area contributed by atoms with Crippen LogP contribution in [0.15, 0.2) is 64.1 Å². The predicted molar refractivity (Wildman–Crippen MR) is 183 cm³/mol. The zero-order valence-electron chi connectivity index (χ0n) is 28.3. The van der Waals surface area contributed by atoms with Crippen molar-refractivity contribution in [3.05, 3.63) is 81.7 Å². The molecule has 0 spiro atoms. The number of hydrogen-bond donors (Lipinski definition) is 3. The first kappa shape index (κ1) is 40.4. The van der Waals surface area contributed by atoms with E-state index in [1.165, 1.54) is 23.3 Å². The summed E-state index contributed by atoms with van der Waals surface area (Å²) in [4.78, 5) is 51.0. The van der Waals surface area contributed by atoms with Gasteiger partial charge in [0.1, 0.15) is 10.7 Å². The first-order valence-electron chi connectivity index (χ1n) is 15.7. The molecule has 52 heavy (non-hydrogen) atoms. The van der Waals surface area contributed by atoms with E-state index in [1.807, 2.05) is 0 Å². The molecule has 4 N–H and O–H groups in total. The maximum absolute atomic E-state index is 13.1. The Labute approximate surface area is 309 Å². The smallest absolute Gasteiger partial charge is 0.420 e. The van der Waals surface area contributed by atoms with E-state index in [-0.39, 0.29) is 55.5 Å². The quantitative estimate of drug-likeness (QED) is 0.0723. The second kappa shape index (κ2) is 17.0. The number of furan rings is 1. The predicted octanol–water partition coefficient (Wildman–Crippen LogP) is 4.31. The molecule has 3 aromatic rings. The lowest BCUT2D eigenvalue weighted by Crippen LogP contribution is -2.66. The number of hydrogen-bond acceptors (Lipinski definition) is 14. The van der Waals surface area contributed by atoms with Crippen LogP contribution in [-0.4, -0.2) is 80.6 Å². The molecule has 1 saturated heterocycles. The maximum atomic E-state index is 13.1. The van der Waals surface area contributed by atoms with E-state index in [2.05, 4.69) is 5.32 Å². The van der Waals surface area contributed by atoms with E-state index in [0.717, 1.165) is 6.07 Å². The summed E-state index contributed by atoms with van der Waals surface area (Å²) in [7, 11) is -4.27. The summed E-state index contributed by atoms with van der Waals surface area (Å²) in [6.07, 6.45) is 0.858. The molecule has 1 aromatic heterocycles. The summed E-state index contributed by atoms with van der Waals surface area (Å²) in [5, 5.41) is 19.7. The van der Waals surface area contributed by atoms with Crippen molar-refractivity contribution in [2.24, 2.45) is 5.14 Å². The maximum Gasteiger partial charge on any atom is 0.420 e. The Morgan fingerprint density at radius 1 is 1.00 bits per heavy atom. The first-order chi connectivity index (χ1) is 24.4. The van der Waals surface area contributed by atoms with Crippen LogP contribution in [0.5, 0.6) is 0 Å². The number of anilines is 1. The van der Waals surface area contributed by atoms with E-state index < -0.39 is 63.1 Å². The van der Waals surface area contributed by atoms with Crippen molar-refractivity contribution >= 4 is 62.9 Å².